The lowest BCUT2D eigenvalue weighted by molar-refractivity contribution is -0.884. The quantitative estimate of drug-likeness (QED) is 0.327. The fourth-order valence-electron chi connectivity index (χ4n) is 6.97. The number of hydrogen-bond donors (Lipinski definition) is 1. The summed E-state index contributed by atoms with van der Waals surface area (Å²) >= 11 is 0. The molecule has 0 radical (unpaired) electrons. The van der Waals surface area contributed by atoms with Crippen LogP contribution in [0.25, 0.3) is 0 Å². The second kappa shape index (κ2) is 14.3. The molecule has 3 aliphatic heterocycles. The number of carboxylic acid groups (broad SMARTS) is 1. The van der Waals surface area contributed by atoms with Crippen molar-refractivity contribution in [3.8, 4) is 11.5 Å². The van der Waals surface area contributed by atoms with Crippen LogP contribution in [0, 0.1) is 5.92 Å². The molecule has 1 N–H and O–H groups in total. The Morgan fingerprint density at radius 1 is 1.06 bits per heavy atom. The van der Waals surface area contributed by atoms with Crippen molar-refractivity contribution in [2.75, 3.05) is 72.6 Å². The van der Waals surface area contributed by atoms with E-state index in [-0.39, 0.29) is 50.6 Å². The molecule has 3 aliphatic rings. The topological polar surface area (TPSA) is 120 Å². The molecule has 3 atom stereocenters. The summed E-state index contributed by atoms with van der Waals surface area (Å²) in [6.07, 6.45) is 2.18. The van der Waals surface area contributed by atoms with Crippen LogP contribution in [0.1, 0.15) is 49.7 Å². The van der Waals surface area contributed by atoms with Crippen molar-refractivity contribution >= 4 is 29.5 Å². The Morgan fingerprint density at radius 2 is 1.83 bits per heavy atom. The van der Waals surface area contributed by atoms with Crippen molar-refractivity contribution < 1.29 is 38.2 Å². The fourth-order valence-corrected chi connectivity index (χ4v) is 6.97. The third kappa shape index (κ3) is 7.87. The molecule has 2 saturated heterocycles. The summed E-state index contributed by atoms with van der Waals surface area (Å²) in [5, 5.41) is 10.6. The lowest BCUT2D eigenvalue weighted by Crippen LogP contribution is -2.52. The van der Waals surface area contributed by atoms with Gasteiger partial charge in [0.15, 0.2) is 11.5 Å². The van der Waals surface area contributed by atoms with E-state index in [1.54, 1.807) is 13.1 Å². The third-order valence-electron chi connectivity index (χ3n) is 9.28. The first-order valence-corrected chi connectivity index (χ1v) is 16.5. The van der Waals surface area contributed by atoms with E-state index in [4.69, 9.17) is 9.47 Å². The van der Waals surface area contributed by atoms with Gasteiger partial charge in [0.1, 0.15) is 6.54 Å². The molecule has 2 fully saturated rings. The van der Waals surface area contributed by atoms with Crippen LogP contribution in [0.4, 0.5) is 10.5 Å². The number of quaternary nitrogens is 1. The fraction of sp³-hybridized carbons (Fsp3) is 0.543. The molecule has 47 heavy (non-hydrogen) atoms. The zero-order valence-electron chi connectivity index (χ0n) is 28.2. The predicted molar refractivity (Wildman–Crippen MR) is 176 cm³/mol. The summed E-state index contributed by atoms with van der Waals surface area (Å²) in [5.74, 6) is -1.55. The number of likely N-dealkylation sites (tertiary alicyclic amines) is 1. The Bertz CT molecular complexity index is 1490. The maximum absolute atomic E-state index is 14.2. The smallest absolute Gasteiger partial charge is 0.326 e. The molecular weight excluding hydrogens is 602 g/mol. The highest BCUT2D eigenvalue weighted by atomic mass is 16.7. The van der Waals surface area contributed by atoms with E-state index in [1.807, 2.05) is 34.1 Å². The molecule has 4 amide bonds. The van der Waals surface area contributed by atoms with Crippen molar-refractivity contribution in [3.63, 3.8) is 0 Å². The monoisotopic (exact) mass is 650 g/mol. The molecule has 0 aliphatic carbocycles. The lowest BCUT2D eigenvalue weighted by atomic mass is 9.84. The van der Waals surface area contributed by atoms with Crippen LogP contribution in [0.15, 0.2) is 42.5 Å². The maximum Gasteiger partial charge on any atom is 0.326 e. The molecule has 5 rings (SSSR count). The van der Waals surface area contributed by atoms with Crippen molar-refractivity contribution in [2.45, 2.75) is 51.1 Å². The van der Waals surface area contributed by atoms with Crippen LogP contribution in [0.3, 0.4) is 0 Å². The van der Waals surface area contributed by atoms with Gasteiger partial charge in [0.25, 0.3) is 0 Å². The van der Waals surface area contributed by atoms with Gasteiger partial charge in [-0.05, 0) is 42.7 Å². The summed E-state index contributed by atoms with van der Waals surface area (Å²) in [6.45, 7) is 4.27. The first kappa shape index (κ1) is 34.2. The Hall–Kier alpha value is -4.16. The molecule has 2 aromatic carbocycles. The number of carboxylic acids is 1. The Labute approximate surface area is 277 Å². The number of carbonyl (C=O) groups excluding carboxylic acids is 3. The van der Waals surface area contributed by atoms with E-state index < -0.39 is 23.8 Å². The molecule has 1 unspecified atom stereocenters. The largest absolute Gasteiger partial charge is 0.481 e. The van der Waals surface area contributed by atoms with Crippen LogP contribution in [-0.2, 0) is 20.9 Å². The minimum absolute atomic E-state index is 0.000565. The average molecular weight is 651 g/mol. The zero-order chi connectivity index (χ0) is 33.9. The number of aliphatic carboxylic acids is 1. The number of rotatable bonds is 13. The SMILES string of the molecule is CCCCN(C(=O)CN1C[C@H](c2ccc3c(c2)OCO3)C(C(=O)O)[C@@H]1CCN1C(=O)CCN(C)C1=O)c1cccc(C[N+](C)(C)C)c1. The molecule has 0 spiro atoms. The molecule has 0 saturated carbocycles. The van der Waals surface area contributed by atoms with Crippen LogP contribution in [-0.4, -0.2) is 122 Å². The zero-order valence-corrected chi connectivity index (χ0v) is 28.2. The summed E-state index contributed by atoms with van der Waals surface area (Å²) in [6, 6.07) is 12.5. The Morgan fingerprint density at radius 3 is 2.55 bits per heavy atom. The minimum Gasteiger partial charge on any atom is -0.481 e. The first-order chi connectivity index (χ1) is 22.4. The molecule has 3 heterocycles. The average Bonchev–Trinajstić information content (AvgIpc) is 3.63. The number of fused-ring (bicyclic) bond motifs is 1. The molecule has 2 aromatic rings. The number of unbranched alkanes of at least 4 members (excludes halogenated alkanes) is 1. The van der Waals surface area contributed by atoms with E-state index in [0.29, 0.717) is 31.1 Å². The molecule has 0 bridgehead atoms. The highest BCUT2D eigenvalue weighted by Crippen LogP contribution is 2.43. The number of ether oxygens (including phenoxy) is 2. The van der Waals surface area contributed by atoms with Gasteiger partial charge in [0.05, 0.1) is 33.6 Å². The van der Waals surface area contributed by atoms with Crippen molar-refractivity contribution in [1.82, 2.24) is 14.7 Å². The van der Waals surface area contributed by atoms with Crippen molar-refractivity contribution in [1.29, 1.82) is 0 Å². The van der Waals surface area contributed by atoms with E-state index in [1.165, 1.54) is 9.80 Å². The summed E-state index contributed by atoms with van der Waals surface area (Å²) in [4.78, 5) is 59.3. The number of benzene rings is 2. The number of imide groups is 1. The predicted octanol–water partition coefficient (Wildman–Crippen LogP) is 3.60. The molecule has 12 heteroatoms. The third-order valence-corrected chi connectivity index (χ3v) is 9.28. The van der Waals surface area contributed by atoms with Gasteiger partial charge in [0, 0.05) is 62.9 Å². The summed E-state index contributed by atoms with van der Waals surface area (Å²) in [7, 11) is 8.02. The van der Waals surface area contributed by atoms with Gasteiger partial charge >= 0.3 is 12.0 Å². The van der Waals surface area contributed by atoms with Gasteiger partial charge < -0.3 is 28.9 Å². The van der Waals surface area contributed by atoms with Crippen LogP contribution < -0.4 is 14.4 Å². The van der Waals surface area contributed by atoms with Gasteiger partial charge in [0.2, 0.25) is 18.6 Å². The normalized spacial score (nSPS) is 21.4. The number of carbonyl (C=O) groups is 4. The Kier molecular flexibility index (Phi) is 10.4. The second-order valence-corrected chi connectivity index (χ2v) is 13.9. The van der Waals surface area contributed by atoms with E-state index in [0.717, 1.165) is 40.7 Å². The van der Waals surface area contributed by atoms with Gasteiger partial charge in [-0.3, -0.25) is 24.2 Å². The number of nitrogens with zero attached hydrogens (tertiary/aromatic N) is 5. The standard InChI is InChI=1S/C35H47N5O7/c1-6-7-15-38(26-10-8-9-24(18-26)22-40(3,4)5)32(42)21-37-20-27(25-11-12-29-30(19-25)47-23-46-29)33(34(43)44)28(37)13-17-39-31(41)14-16-36(2)35(39)45/h8-12,18-19,27-28,33H,6-7,13-17,20-23H2,1-5H3/p+1/t27-,28+,33?/m1/s1. The molecule has 0 aromatic heterocycles. The number of urea groups is 1. The van der Waals surface area contributed by atoms with Gasteiger partial charge in [-0.2, -0.15) is 0 Å². The van der Waals surface area contributed by atoms with Crippen LogP contribution in [0.5, 0.6) is 11.5 Å². The van der Waals surface area contributed by atoms with Crippen molar-refractivity contribution in [3.05, 3.63) is 53.6 Å². The second-order valence-electron chi connectivity index (χ2n) is 13.9. The van der Waals surface area contributed by atoms with Crippen LogP contribution in [0.2, 0.25) is 0 Å². The Balaban J connectivity index is 1.45. The van der Waals surface area contributed by atoms with E-state index in [2.05, 4.69) is 40.2 Å². The summed E-state index contributed by atoms with van der Waals surface area (Å²) in [5.41, 5.74) is 2.72. The van der Waals surface area contributed by atoms with Gasteiger partial charge in [-0.15, -0.1) is 0 Å². The number of anilines is 1. The number of hydrogen-bond acceptors (Lipinski definition) is 7. The number of amides is 4. The molecule has 254 valence electrons. The highest BCUT2D eigenvalue weighted by Gasteiger charge is 2.48. The highest BCUT2D eigenvalue weighted by molar-refractivity contribution is 5.97. The molecule has 12 nitrogen and oxygen atoms in total. The van der Waals surface area contributed by atoms with Crippen molar-refractivity contribution in [2.24, 2.45) is 5.92 Å². The maximum atomic E-state index is 14.2. The molecular formula is C35H48N5O7+. The van der Waals surface area contributed by atoms with Gasteiger partial charge in [-0.25, -0.2) is 4.79 Å². The van der Waals surface area contributed by atoms with E-state index in [9.17, 15) is 24.3 Å². The van der Waals surface area contributed by atoms with Gasteiger partial charge in [-0.1, -0.05) is 31.5 Å². The lowest BCUT2D eigenvalue weighted by Gasteiger charge is -2.34. The minimum atomic E-state index is -0.989. The van der Waals surface area contributed by atoms with E-state index >= 15 is 0 Å². The van der Waals surface area contributed by atoms with Crippen LogP contribution >= 0.6 is 0 Å². The summed E-state index contributed by atoms with van der Waals surface area (Å²) < 4.78 is 11.8. The first-order valence-electron chi connectivity index (χ1n) is 16.5.